The normalized spacial score (nSPS) is 20.3. The van der Waals surface area contributed by atoms with Crippen LogP contribution in [0.3, 0.4) is 0 Å². The predicted octanol–water partition coefficient (Wildman–Crippen LogP) is -0.439. The minimum atomic E-state index is -0.565. The maximum Gasteiger partial charge on any atom is 0.239 e. The fourth-order valence-corrected chi connectivity index (χ4v) is 2.00. The van der Waals surface area contributed by atoms with Crippen molar-refractivity contribution in [3.8, 4) is 0 Å². The van der Waals surface area contributed by atoms with E-state index in [-0.39, 0.29) is 18.1 Å². The van der Waals surface area contributed by atoms with Gasteiger partial charge in [0.05, 0.1) is 6.61 Å². The molecule has 0 saturated heterocycles. The van der Waals surface area contributed by atoms with E-state index in [1.807, 2.05) is 0 Å². The molecule has 94 valence electrons. The number of hydrogen-bond acceptors (Lipinski definition) is 4. The Kier molecular flexibility index (Phi) is 4.70. The first-order chi connectivity index (χ1) is 7.52. The summed E-state index contributed by atoms with van der Waals surface area (Å²) in [5.74, 6) is -0.130. The van der Waals surface area contributed by atoms with Gasteiger partial charge in [-0.2, -0.15) is 0 Å². The largest absolute Gasteiger partial charge is 0.383 e. The van der Waals surface area contributed by atoms with Crippen LogP contribution in [0.2, 0.25) is 0 Å². The molecule has 0 bridgehead atoms. The number of ether oxygens (including phenoxy) is 1. The molecule has 1 fully saturated rings. The van der Waals surface area contributed by atoms with Gasteiger partial charge in [-0.25, -0.2) is 0 Å². The molecule has 5 nitrogen and oxygen atoms in total. The lowest BCUT2D eigenvalue weighted by atomic mass is 9.75. The summed E-state index contributed by atoms with van der Waals surface area (Å²) in [6.45, 7) is 0.942. The molecule has 1 aliphatic carbocycles. The number of amides is 1. The molecule has 0 aromatic rings. The molecular weight excluding hydrogens is 206 g/mol. The van der Waals surface area contributed by atoms with Gasteiger partial charge in [-0.3, -0.25) is 4.79 Å². The van der Waals surface area contributed by atoms with Crippen LogP contribution in [0.4, 0.5) is 0 Å². The number of nitrogens with zero attached hydrogens (tertiary/aromatic N) is 1. The minimum Gasteiger partial charge on any atom is -0.383 e. The summed E-state index contributed by atoms with van der Waals surface area (Å²) in [7, 11) is 5.65. The smallest absolute Gasteiger partial charge is 0.239 e. The first-order valence-electron chi connectivity index (χ1n) is 5.71. The standard InChI is InChI=1S/C11H23N3O2/c1-14(2)11(5-4-6-11)8-13-10(15)9(12)7-16-3/h9H,4-8,12H2,1-3H3,(H,13,15). The van der Waals surface area contributed by atoms with Crippen LogP contribution in [-0.4, -0.2) is 56.7 Å². The number of carbonyl (C=O) groups excluding carboxylic acids is 1. The third kappa shape index (κ3) is 2.93. The topological polar surface area (TPSA) is 67.6 Å². The van der Waals surface area contributed by atoms with Crippen molar-refractivity contribution in [3.63, 3.8) is 0 Å². The SMILES string of the molecule is COCC(N)C(=O)NCC1(N(C)C)CCC1. The van der Waals surface area contributed by atoms with Crippen molar-refractivity contribution in [2.75, 3.05) is 34.4 Å². The Balaban J connectivity index is 2.35. The first-order valence-corrected chi connectivity index (χ1v) is 5.71. The number of nitrogens with two attached hydrogens (primary N) is 1. The summed E-state index contributed by atoms with van der Waals surface area (Å²) in [6, 6.07) is -0.565. The molecule has 1 rings (SSSR count). The van der Waals surface area contributed by atoms with Crippen molar-refractivity contribution >= 4 is 5.91 Å². The predicted molar refractivity (Wildman–Crippen MR) is 63.1 cm³/mol. The average molecular weight is 229 g/mol. The lowest BCUT2D eigenvalue weighted by Gasteiger charge is -2.47. The van der Waals surface area contributed by atoms with Gasteiger partial charge in [-0.05, 0) is 33.4 Å². The van der Waals surface area contributed by atoms with Crippen molar-refractivity contribution in [2.45, 2.75) is 30.8 Å². The van der Waals surface area contributed by atoms with Crippen molar-refractivity contribution in [3.05, 3.63) is 0 Å². The zero-order valence-electron chi connectivity index (χ0n) is 10.5. The van der Waals surface area contributed by atoms with Gasteiger partial charge in [0.1, 0.15) is 6.04 Å². The first kappa shape index (κ1) is 13.4. The van der Waals surface area contributed by atoms with Crippen molar-refractivity contribution in [2.24, 2.45) is 5.73 Å². The van der Waals surface area contributed by atoms with Crippen LogP contribution in [0.1, 0.15) is 19.3 Å². The van der Waals surface area contributed by atoms with Gasteiger partial charge in [-0.1, -0.05) is 0 Å². The molecule has 0 aliphatic heterocycles. The van der Waals surface area contributed by atoms with E-state index in [4.69, 9.17) is 10.5 Å². The molecule has 1 amide bonds. The maximum atomic E-state index is 11.6. The van der Waals surface area contributed by atoms with Crippen molar-refractivity contribution in [1.82, 2.24) is 10.2 Å². The summed E-state index contributed by atoms with van der Waals surface area (Å²) < 4.78 is 4.85. The third-order valence-electron chi connectivity index (χ3n) is 3.51. The maximum absolute atomic E-state index is 11.6. The Morgan fingerprint density at radius 2 is 2.19 bits per heavy atom. The Bertz CT molecular complexity index is 239. The molecule has 5 heteroatoms. The summed E-state index contributed by atoms with van der Waals surface area (Å²) in [6.07, 6.45) is 3.51. The number of methoxy groups -OCH3 is 1. The van der Waals surface area contributed by atoms with E-state index < -0.39 is 6.04 Å². The molecule has 0 spiro atoms. The molecule has 1 aliphatic rings. The molecule has 1 unspecified atom stereocenters. The van der Waals surface area contributed by atoms with Gasteiger partial charge in [0, 0.05) is 19.2 Å². The van der Waals surface area contributed by atoms with Crippen LogP contribution < -0.4 is 11.1 Å². The van der Waals surface area contributed by atoms with Gasteiger partial charge < -0.3 is 20.7 Å². The summed E-state index contributed by atoms with van der Waals surface area (Å²) in [4.78, 5) is 13.8. The Hall–Kier alpha value is -0.650. The van der Waals surface area contributed by atoms with E-state index in [9.17, 15) is 4.79 Å². The van der Waals surface area contributed by atoms with Gasteiger partial charge in [-0.15, -0.1) is 0 Å². The molecule has 0 radical (unpaired) electrons. The lowest BCUT2D eigenvalue weighted by Crippen LogP contribution is -2.58. The minimum absolute atomic E-state index is 0.130. The van der Waals surface area contributed by atoms with E-state index in [0.29, 0.717) is 6.54 Å². The number of rotatable bonds is 6. The fraction of sp³-hybridized carbons (Fsp3) is 0.909. The van der Waals surface area contributed by atoms with Crippen LogP contribution in [0.15, 0.2) is 0 Å². The summed E-state index contributed by atoms with van der Waals surface area (Å²) in [5, 5.41) is 2.91. The molecule has 0 aromatic carbocycles. The van der Waals surface area contributed by atoms with Crippen molar-refractivity contribution in [1.29, 1.82) is 0 Å². The van der Waals surface area contributed by atoms with E-state index in [0.717, 1.165) is 12.8 Å². The van der Waals surface area contributed by atoms with Gasteiger partial charge in [0.2, 0.25) is 5.91 Å². The monoisotopic (exact) mass is 229 g/mol. The second kappa shape index (κ2) is 5.61. The molecule has 3 N–H and O–H groups in total. The van der Waals surface area contributed by atoms with Crippen LogP contribution in [-0.2, 0) is 9.53 Å². The summed E-state index contributed by atoms with van der Waals surface area (Å²) in [5.41, 5.74) is 5.78. The highest BCUT2D eigenvalue weighted by atomic mass is 16.5. The number of likely N-dealkylation sites (N-methyl/N-ethyl adjacent to an activating group) is 1. The molecule has 1 saturated carbocycles. The quantitative estimate of drug-likeness (QED) is 0.648. The van der Waals surface area contributed by atoms with Gasteiger partial charge >= 0.3 is 0 Å². The summed E-state index contributed by atoms with van der Waals surface area (Å²) >= 11 is 0. The van der Waals surface area contributed by atoms with E-state index >= 15 is 0 Å². The molecule has 1 atom stereocenters. The highest BCUT2D eigenvalue weighted by Gasteiger charge is 2.39. The highest BCUT2D eigenvalue weighted by Crippen LogP contribution is 2.35. The van der Waals surface area contributed by atoms with Crippen LogP contribution in [0.5, 0.6) is 0 Å². The van der Waals surface area contributed by atoms with Crippen LogP contribution in [0, 0.1) is 0 Å². The lowest BCUT2D eigenvalue weighted by molar-refractivity contribution is -0.124. The Morgan fingerprint density at radius 1 is 1.56 bits per heavy atom. The van der Waals surface area contributed by atoms with E-state index in [1.54, 1.807) is 7.11 Å². The molecule has 16 heavy (non-hydrogen) atoms. The van der Waals surface area contributed by atoms with Crippen LogP contribution in [0.25, 0.3) is 0 Å². The number of hydrogen-bond donors (Lipinski definition) is 2. The van der Waals surface area contributed by atoms with E-state index in [1.165, 1.54) is 6.42 Å². The molecule has 0 heterocycles. The van der Waals surface area contributed by atoms with Crippen LogP contribution >= 0.6 is 0 Å². The third-order valence-corrected chi connectivity index (χ3v) is 3.51. The highest BCUT2D eigenvalue weighted by molar-refractivity contribution is 5.81. The fourth-order valence-electron chi connectivity index (χ4n) is 2.00. The average Bonchev–Trinajstić information content (AvgIpc) is 2.15. The number of carbonyl (C=O) groups is 1. The molecular formula is C11H23N3O2. The van der Waals surface area contributed by atoms with Gasteiger partial charge in [0.25, 0.3) is 0 Å². The number of nitrogens with one attached hydrogen (secondary N) is 1. The van der Waals surface area contributed by atoms with E-state index in [2.05, 4.69) is 24.3 Å². The Morgan fingerprint density at radius 3 is 2.56 bits per heavy atom. The second-order valence-corrected chi connectivity index (χ2v) is 4.75. The Labute approximate surface area is 97.3 Å². The van der Waals surface area contributed by atoms with Crippen molar-refractivity contribution < 1.29 is 9.53 Å². The molecule has 0 aromatic heterocycles. The zero-order valence-corrected chi connectivity index (χ0v) is 10.5. The second-order valence-electron chi connectivity index (χ2n) is 4.75. The zero-order chi connectivity index (χ0) is 12.2. The van der Waals surface area contributed by atoms with Gasteiger partial charge in [0.15, 0.2) is 0 Å².